The molecule has 5 heteroatoms. The van der Waals surface area contributed by atoms with Crippen LogP contribution in [0.15, 0.2) is 0 Å². The number of carbonyl (C=O) groups is 2. The predicted molar refractivity (Wildman–Crippen MR) is 57.1 cm³/mol. The molecule has 0 aromatic carbocycles. The summed E-state index contributed by atoms with van der Waals surface area (Å²) < 4.78 is 0. The first-order valence-electron chi connectivity index (χ1n) is 4.54. The van der Waals surface area contributed by atoms with Gasteiger partial charge in [0.05, 0.1) is 5.41 Å². The van der Waals surface area contributed by atoms with E-state index < -0.39 is 27.6 Å². The Balaban J connectivity index is 5.50. The van der Waals surface area contributed by atoms with Gasteiger partial charge < -0.3 is 10.2 Å². The third kappa shape index (κ3) is 1.95. The van der Waals surface area contributed by atoms with Crippen LogP contribution in [0.3, 0.4) is 0 Å². The molecule has 15 heavy (non-hydrogen) atoms. The van der Waals surface area contributed by atoms with Crippen molar-refractivity contribution in [2.24, 2.45) is 10.8 Å². The Hall–Kier alpha value is -0.770. The molecule has 0 fully saturated rings. The highest BCUT2D eigenvalue weighted by Gasteiger charge is 2.57. The van der Waals surface area contributed by atoms with Gasteiger partial charge in [-0.2, -0.15) is 0 Å². The van der Waals surface area contributed by atoms with Gasteiger partial charge in [-0.3, -0.25) is 9.59 Å². The van der Waals surface area contributed by atoms with Gasteiger partial charge in [-0.05, 0) is 20.8 Å². The van der Waals surface area contributed by atoms with Crippen molar-refractivity contribution < 1.29 is 19.8 Å². The van der Waals surface area contributed by atoms with Crippen molar-refractivity contribution in [1.82, 2.24) is 0 Å². The minimum Gasteiger partial charge on any atom is -0.481 e. The lowest BCUT2D eigenvalue weighted by Crippen LogP contribution is -2.55. The van der Waals surface area contributed by atoms with Gasteiger partial charge in [-0.1, -0.05) is 13.8 Å². The van der Waals surface area contributed by atoms with E-state index in [1.807, 2.05) is 0 Å². The maximum Gasteiger partial charge on any atom is 0.325 e. The van der Waals surface area contributed by atoms with Crippen molar-refractivity contribution in [3.05, 3.63) is 0 Å². The summed E-state index contributed by atoms with van der Waals surface area (Å²) in [5, 5.41) is 18.1. The van der Waals surface area contributed by atoms with Crippen molar-refractivity contribution in [1.29, 1.82) is 0 Å². The summed E-state index contributed by atoms with van der Waals surface area (Å²) in [4.78, 5) is 20.5. The van der Waals surface area contributed by atoms with Crippen LogP contribution in [0.25, 0.3) is 0 Å². The molecule has 0 aliphatic heterocycles. The van der Waals surface area contributed by atoms with E-state index in [1.165, 1.54) is 20.8 Å². The quantitative estimate of drug-likeness (QED) is 0.734. The molecular formula is C10H17ClO4. The predicted octanol–water partition coefficient (Wildman–Crippen LogP) is 2.21. The molecule has 0 rings (SSSR count). The van der Waals surface area contributed by atoms with Crippen LogP contribution in [-0.4, -0.2) is 27.0 Å². The van der Waals surface area contributed by atoms with Crippen molar-refractivity contribution in [2.75, 3.05) is 0 Å². The molecule has 1 atom stereocenters. The fourth-order valence-corrected chi connectivity index (χ4v) is 1.36. The van der Waals surface area contributed by atoms with Gasteiger partial charge in [0.2, 0.25) is 0 Å². The molecule has 0 saturated carbocycles. The van der Waals surface area contributed by atoms with E-state index in [-0.39, 0.29) is 0 Å². The molecular weight excluding hydrogens is 220 g/mol. The highest BCUT2D eigenvalue weighted by Crippen LogP contribution is 2.50. The molecule has 0 amide bonds. The Kier molecular flexibility index (Phi) is 3.48. The van der Waals surface area contributed by atoms with Crippen molar-refractivity contribution >= 4 is 23.5 Å². The van der Waals surface area contributed by atoms with Crippen molar-refractivity contribution in [2.45, 2.75) is 39.5 Å². The smallest absolute Gasteiger partial charge is 0.325 e. The highest BCUT2D eigenvalue weighted by molar-refractivity contribution is 6.34. The monoisotopic (exact) mass is 236 g/mol. The largest absolute Gasteiger partial charge is 0.481 e. The van der Waals surface area contributed by atoms with Gasteiger partial charge in [-0.25, -0.2) is 0 Å². The minimum absolute atomic E-state index is 1.07. The standard InChI is InChI=1S/C10H17ClO4/c1-8(2,6(12)13)9(3,4)10(5,11)7(14)15/h1-5H3,(H,12,13)(H,14,15). The maximum atomic E-state index is 11.1. The molecule has 88 valence electrons. The van der Waals surface area contributed by atoms with Gasteiger partial charge in [-0.15, -0.1) is 11.6 Å². The average molecular weight is 237 g/mol. The number of rotatable bonds is 4. The number of carboxylic acid groups (broad SMARTS) is 2. The van der Waals surface area contributed by atoms with E-state index in [0.29, 0.717) is 0 Å². The summed E-state index contributed by atoms with van der Waals surface area (Å²) in [5.41, 5.74) is -2.33. The molecule has 0 heterocycles. The normalized spacial score (nSPS) is 16.9. The first kappa shape index (κ1) is 14.2. The lowest BCUT2D eigenvalue weighted by Gasteiger charge is -2.45. The number of alkyl halides is 1. The molecule has 4 nitrogen and oxygen atoms in total. The average Bonchev–Trinajstić information content (AvgIpc) is 2.02. The summed E-state index contributed by atoms with van der Waals surface area (Å²) >= 11 is 5.93. The summed E-state index contributed by atoms with van der Waals surface area (Å²) in [6, 6.07) is 0. The Morgan fingerprint density at radius 2 is 1.27 bits per heavy atom. The molecule has 0 aliphatic rings. The van der Waals surface area contributed by atoms with Crippen LogP contribution in [0.4, 0.5) is 0 Å². The van der Waals surface area contributed by atoms with Gasteiger partial charge in [0.15, 0.2) is 0 Å². The van der Waals surface area contributed by atoms with E-state index in [4.69, 9.17) is 21.8 Å². The van der Waals surface area contributed by atoms with E-state index in [0.717, 1.165) is 0 Å². The van der Waals surface area contributed by atoms with Crippen molar-refractivity contribution in [3.8, 4) is 0 Å². The van der Waals surface area contributed by atoms with Crippen molar-refractivity contribution in [3.63, 3.8) is 0 Å². The minimum atomic E-state index is -1.63. The number of carboxylic acids is 2. The lowest BCUT2D eigenvalue weighted by molar-refractivity contribution is -0.160. The van der Waals surface area contributed by atoms with Crippen LogP contribution < -0.4 is 0 Å². The summed E-state index contributed by atoms with van der Waals surface area (Å²) in [5.74, 6) is -2.29. The Morgan fingerprint density at radius 3 is 1.47 bits per heavy atom. The van der Waals surface area contributed by atoms with E-state index >= 15 is 0 Å². The molecule has 0 aliphatic carbocycles. The second-order valence-corrected chi connectivity index (χ2v) is 5.62. The van der Waals surface area contributed by atoms with Crippen LogP contribution in [-0.2, 0) is 9.59 Å². The van der Waals surface area contributed by atoms with E-state index in [2.05, 4.69) is 0 Å². The van der Waals surface area contributed by atoms with E-state index in [9.17, 15) is 9.59 Å². The first-order valence-corrected chi connectivity index (χ1v) is 4.92. The van der Waals surface area contributed by atoms with Gasteiger partial charge >= 0.3 is 11.9 Å². The number of hydrogen-bond donors (Lipinski definition) is 2. The second kappa shape index (κ2) is 3.67. The Labute approximate surface area is 94.2 Å². The summed E-state index contributed by atoms with van der Waals surface area (Å²) in [6.07, 6.45) is 0. The van der Waals surface area contributed by atoms with Gasteiger partial charge in [0.25, 0.3) is 0 Å². The van der Waals surface area contributed by atoms with Crippen LogP contribution in [0.5, 0.6) is 0 Å². The third-order valence-electron chi connectivity index (χ3n) is 3.67. The fourth-order valence-electron chi connectivity index (χ4n) is 1.12. The first-order chi connectivity index (χ1) is 6.39. The molecule has 1 unspecified atom stereocenters. The van der Waals surface area contributed by atoms with E-state index in [1.54, 1.807) is 13.8 Å². The van der Waals surface area contributed by atoms with Crippen LogP contribution >= 0.6 is 11.6 Å². The van der Waals surface area contributed by atoms with Crippen LogP contribution in [0.1, 0.15) is 34.6 Å². The number of aliphatic carboxylic acids is 2. The SMILES string of the molecule is CC(C)(C(=O)O)C(C)(C)C(C)(Cl)C(=O)O. The molecule has 0 saturated heterocycles. The van der Waals surface area contributed by atoms with Crippen LogP contribution in [0.2, 0.25) is 0 Å². The molecule has 0 aromatic heterocycles. The van der Waals surface area contributed by atoms with Crippen LogP contribution in [0, 0.1) is 10.8 Å². The molecule has 0 radical (unpaired) electrons. The highest BCUT2D eigenvalue weighted by atomic mass is 35.5. The zero-order valence-corrected chi connectivity index (χ0v) is 10.3. The molecule has 0 spiro atoms. The lowest BCUT2D eigenvalue weighted by atomic mass is 9.61. The Bertz CT molecular complexity index is 264. The molecule has 2 N–H and O–H groups in total. The second-order valence-electron chi connectivity index (χ2n) is 4.86. The van der Waals surface area contributed by atoms with Gasteiger partial charge in [0.1, 0.15) is 4.87 Å². The third-order valence-corrected chi connectivity index (χ3v) is 4.31. The number of halogens is 1. The summed E-state index contributed by atoms with van der Waals surface area (Å²) in [7, 11) is 0. The maximum absolute atomic E-state index is 11.1. The summed E-state index contributed by atoms with van der Waals surface area (Å²) in [6.45, 7) is 7.35. The van der Waals surface area contributed by atoms with Gasteiger partial charge in [0, 0.05) is 5.41 Å². The zero-order chi connectivity index (χ0) is 12.7. The Morgan fingerprint density at radius 1 is 0.933 bits per heavy atom. The molecule has 0 aromatic rings. The molecule has 0 bridgehead atoms. The zero-order valence-electron chi connectivity index (χ0n) is 9.59. The number of hydrogen-bond acceptors (Lipinski definition) is 2. The fraction of sp³-hybridized carbons (Fsp3) is 0.800. The topological polar surface area (TPSA) is 74.6 Å².